The van der Waals surface area contributed by atoms with Crippen LogP contribution >= 0.6 is 23.4 Å². The number of rotatable bonds is 5. The molecular weight excluding hydrogens is 467 g/mol. The van der Waals surface area contributed by atoms with Gasteiger partial charge in [-0.1, -0.05) is 29.4 Å². The molecule has 5 rings (SSSR count). The van der Waals surface area contributed by atoms with E-state index in [1.165, 1.54) is 23.9 Å². The molecular formula is C24H22ClFN2O4S. The highest BCUT2D eigenvalue weighted by molar-refractivity contribution is 7.99. The lowest BCUT2D eigenvalue weighted by Gasteiger charge is -2.37. The van der Waals surface area contributed by atoms with Crippen LogP contribution in [0.5, 0.6) is 0 Å². The van der Waals surface area contributed by atoms with Crippen molar-refractivity contribution in [3.05, 3.63) is 58.5 Å². The van der Waals surface area contributed by atoms with Gasteiger partial charge in [-0.25, -0.2) is 9.18 Å². The molecule has 2 aliphatic rings. The summed E-state index contributed by atoms with van der Waals surface area (Å²) in [4.78, 5) is 27.8. The van der Waals surface area contributed by atoms with Gasteiger partial charge in [0.25, 0.3) is 0 Å². The molecule has 33 heavy (non-hydrogen) atoms. The smallest absolute Gasteiger partial charge is 0.335 e. The van der Waals surface area contributed by atoms with Crippen molar-refractivity contribution >= 4 is 46.1 Å². The zero-order chi connectivity index (χ0) is 23.3. The van der Waals surface area contributed by atoms with Crippen molar-refractivity contribution in [1.29, 1.82) is 0 Å². The van der Waals surface area contributed by atoms with Crippen molar-refractivity contribution in [2.45, 2.75) is 29.7 Å². The highest BCUT2D eigenvalue weighted by Crippen LogP contribution is 2.41. The molecule has 0 saturated carbocycles. The number of carboxylic acid groups (broad SMARTS) is 1. The Morgan fingerprint density at radius 1 is 1.27 bits per heavy atom. The molecule has 6 nitrogen and oxygen atoms in total. The lowest BCUT2D eigenvalue weighted by molar-refractivity contribution is -0.135. The number of aromatic nitrogens is 1. The lowest BCUT2D eigenvalue weighted by Crippen LogP contribution is -2.45. The number of nitrogens with zero attached hydrogens (tertiary/aromatic N) is 2. The van der Waals surface area contributed by atoms with Crippen molar-refractivity contribution < 1.29 is 23.8 Å². The summed E-state index contributed by atoms with van der Waals surface area (Å²) in [5.74, 6) is -1.65. The first-order valence-electron chi connectivity index (χ1n) is 10.6. The van der Waals surface area contributed by atoms with Crippen LogP contribution in [0.2, 0.25) is 5.02 Å². The Balaban J connectivity index is 1.51. The molecule has 2 aromatic carbocycles. The number of hydrogen-bond acceptors (Lipinski definition) is 4. The van der Waals surface area contributed by atoms with Gasteiger partial charge in [-0.15, -0.1) is 0 Å². The van der Waals surface area contributed by atoms with E-state index in [4.69, 9.17) is 16.3 Å². The number of aromatic carboxylic acids is 1. The monoisotopic (exact) mass is 488 g/mol. The number of fused-ring (bicyclic) bond motifs is 1. The summed E-state index contributed by atoms with van der Waals surface area (Å²) in [5, 5.41) is 9.93. The van der Waals surface area contributed by atoms with Gasteiger partial charge in [0.15, 0.2) is 5.82 Å². The number of carbonyl (C=O) groups excluding carboxylic acids is 1. The molecule has 0 aliphatic carbocycles. The van der Waals surface area contributed by atoms with Crippen LogP contribution in [0.25, 0.3) is 10.9 Å². The first-order chi connectivity index (χ1) is 15.8. The second kappa shape index (κ2) is 8.34. The zero-order valence-corrected chi connectivity index (χ0v) is 19.5. The highest BCUT2D eigenvalue weighted by atomic mass is 35.5. The summed E-state index contributed by atoms with van der Waals surface area (Å²) in [6.45, 7) is 4.55. The number of carbonyl (C=O) groups is 2. The minimum Gasteiger partial charge on any atom is -0.478 e. The SMILES string of the molecule is Cc1c(Sc2cccc(C(=O)O)c2)c2ccc(Cl)c(F)c2n1CC(=O)N1CCC2(COC2)C1. The Labute approximate surface area is 199 Å². The number of hydrogen-bond donors (Lipinski definition) is 1. The van der Waals surface area contributed by atoms with Gasteiger partial charge in [-0.3, -0.25) is 4.79 Å². The number of carboxylic acids is 1. The van der Waals surface area contributed by atoms with E-state index in [1.54, 1.807) is 22.8 Å². The second-order valence-electron chi connectivity index (χ2n) is 8.75. The van der Waals surface area contributed by atoms with Crippen LogP contribution in [-0.4, -0.2) is 52.8 Å². The van der Waals surface area contributed by atoms with Crippen LogP contribution < -0.4 is 0 Å². The van der Waals surface area contributed by atoms with E-state index in [0.717, 1.165) is 17.0 Å². The molecule has 1 spiro atoms. The summed E-state index contributed by atoms with van der Waals surface area (Å²) in [7, 11) is 0. The molecule has 3 aromatic rings. The Morgan fingerprint density at radius 2 is 2.06 bits per heavy atom. The van der Waals surface area contributed by atoms with E-state index in [9.17, 15) is 14.7 Å². The molecule has 9 heteroatoms. The van der Waals surface area contributed by atoms with Crippen molar-refractivity contribution in [3.63, 3.8) is 0 Å². The largest absolute Gasteiger partial charge is 0.478 e. The number of benzene rings is 2. The van der Waals surface area contributed by atoms with E-state index >= 15 is 4.39 Å². The van der Waals surface area contributed by atoms with Crippen molar-refractivity contribution in [1.82, 2.24) is 9.47 Å². The van der Waals surface area contributed by atoms with Gasteiger partial charge in [-0.2, -0.15) is 0 Å². The minimum atomic E-state index is -1.01. The summed E-state index contributed by atoms with van der Waals surface area (Å²) >= 11 is 7.44. The van der Waals surface area contributed by atoms with Gasteiger partial charge in [0, 0.05) is 39.4 Å². The molecule has 2 aliphatic heterocycles. The number of likely N-dealkylation sites (tertiary alicyclic amines) is 1. The standard InChI is InChI=1S/C24H22ClFN2O4S/c1-14-22(33-16-4-2-3-15(9-16)23(30)31)17-5-6-18(25)20(26)21(17)28(14)10-19(29)27-8-7-24(11-27)12-32-13-24/h2-6,9H,7-8,10-13H2,1H3,(H,30,31). The maximum Gasteiger partial charge on any atom is 0.335 e. The molecule has 1 N–H and O–H groups in total. The molecule has 0 unspecified atom stereocenters. The van der Waals surface area contributed by atoms with Crippen molar-refractivity contribution in [2.24, 2.45) is 5.41 Å². The maximum absolute atomic E-state index is 15.2. The Bertz CT molecular complexity index is 1290. The van der Waals surface area contributed by atoms with E-state index in [1.807, 2.05) is 17.9 Å². The molecule has 1 aromatic heterocycles. The second-order valence-corrected chi connectivity index (χ2v) is 10.2. The third-order valence-electron chi connectivity index (χ3n) is 6.52. The van der Waals surface area contributed by atoms with Crippen molar-refractivity contribution in [3.8, 4) is 0 Å². The lowest BCUT2D eigenvalue weighted by atomic mass is 9.85. The third kappa shape index (κ3) is 3.90. The van der Waals surface area contributed by atoms with Crippen LogP contribution in [-0.2, 0) is 16.1 Å². The Morgan fingerprint density at radius 3 is 2.73 bits per heavy atom. The molecule has 0 atom stereocenters. The summed E-state index contributed by atoms with van der Waals surface area (Å²) in [5.41, 5.74) is 1.26. The van der Waals surface area contributed by atoms with E-state index in [-0.39, 0.29) is 34.0 Å². The Hall–Kier alpha value is -2.55. The number of amides is 1. The van der Waals surface area contributed by atoms with E-state index in [2.05, 4.69) is 0 Å². The zero-order valence-electron chi connectivity index (χ0n) is 17.9. The van der Waals surface area contributed by atoms with Crippen LogP contribution in [0, 0.1) is 18.2 Å². The number of halogens is 2. The predicted octanol–water partition coefficient (Wildman–Crippen LogP) is 4.84. The van der Waals surface area contributed by atoms with E-state index in [0.29, 0.717) is 36.6 Å². The fourth-order valence-electron chi connectivity index (χ4n) is 4.62. The van der Waals surface area contributed by atoms with Gasteiger partial charge in [0.05, 0.1) is 29.3 Å². The Kier molecular flexibility index (Phi) is 5.63. The first kappa shape index (κ1) is 22.3. The summed E-state index contributed by atoms with van der Waals surface area (Å²) in [6, 6.07) is 9.84. The quantitative estimate of drug-likeness (QED) is 0.556. The highest BCUT2D eigenvalue weighted by Gasteiger charge is 2.45. The molecule has 172 valence electrons. The van der Waals surface area contributed by atoms with Crippen molar-refractivity contribution in [2.75, 3.05) is 26.3 Å². The van der Waals surface area contributed by atoms with E-state index < -0.39 is 11.8 Å². The van der Waals surface area contributed by atoms with Crippen LogP contribution in [0.1, 0.15) is 22.5 Å². The molecule has 0 radical (unpaired) electrons. The van der Waals surface area contributed by atoms with Gasteiger partial charge in [-0.05, 0) is 43.7 Å². The minimum absolute atomic E-state index is 0.00621. The molecule has 1 amide bonds. The van der Waals surface area contributed by atoms with Gasteiger partial charge < -0.3 is 19.3 Å². The molecule has 2 saturated heterocycles. The van der Waals surface area contributed by atoms with Crippen LogP contribution in [0.3, 0.4) is 0 Å². The summed E-state index contributed by atoms with van der Waals surface area (Å²) < 4.78 is 22.2. The van der Waals surface area contributed by atoms with Gasteiger partial charge in [0.2, 0.25) is 5.91 Å². The maximum atomic E-state index is 15.2. The topological polar surface area (TPSA) is 71.8 Å². The fraction of sp³-hybridized carbons (Fsp3) is 0.333. The van der Waals surface area contributed by atoms with Crippen LogP contribution in [0.15, 0.2) is 46.2 Å². The first-order valence-corrected chi connectivity index (χ1v) is 11.8. The normalized spacial score (nSPS) is 17.0. The van der Waals surface area contributed by atoms with Crippen LogP contribution in [0.4, 0.5) is 4.39 Å². The molecule has 2 fully saturated rings. The number of ether oxygens (including phenoxy) is 1. The van der Waals surface area contributed by atoms with Gasteiger partial charge >= 0.3 is 5.97 Å². The molecule has 3 heterocycles. The third-order valence-corrected chi connectivity index (χ3v) is 8.02. The average Bonchev–Trinajstić information content (AvgIpc) is 3.34. The summed E-state index contributed by atoms with van der Waals surface area (Å²) in [6.07, 6.45) is 0.922. The van der Waals surface area contributed by atoms with Gasteiger partial charge in [0.1, 0.15) is 6.54 Å². The average molecular weight is 489 g/mol. The molecule has 0 bridgehead atoms. The fourth-order valence-corrected chi connectivity index (χ4v) is 5.87. The predicted molar refractivity (Wildman–Crippen MR) is 124 cm³/mol.